The summed E-state index contributed by atoms with van der Waals surface area (Å²) in [6.07, 6.45) is 4.71. The number of pyridine rings is 1. The molecule has 2 aromatic heterocycles. The van der Waals surface area contributed by atoms with Gasteiger partial charge in [-0.15, -0.1) is 0 Å². The second-order valence-corrected chi connectivity index (χ2v) is 4.63. The molecule has 17 heavy (non-hydrogen) atoms. The SMILES string of the molecule is O=c1ccccn1CCn1cncc(I)c1=O. The molecule has 0 fully saturated rings. The Morgan fingerprint density at radius 3 is 2.71 bits per heavy atom. The molecule has 0 atom stereocenters. The van der Waals surface area contributed by atoms with Gasteiger partial charge in [0.2, 0.25) is 0 Å². The highest BCUT2D eigenvalue weighted by Crippen LogP contribution is 1.93. The van der Waals surface area contributed by atoms with Crippen LogP contribution in [0, 0.1) is 3.57 Å². The summed E-state index contributed by atoms with van der Waals surface area (Å²) in [6.45, 7) is 0.897. The van der Waals surface area contributed by atoms with Gasteiger partial charge in [-0.25, -0.2) is 4.98 Å². The number of aromatic nitrogens is 3. The van der Waals surface area contributed by atoms with Crippen molar-refractivity contribution in [3.05, 3.63) is 61.2 Å². The Kier molecular flexibility index (Phi) is 3.72. The smallest absolute Gasteiger partial charge is 0.266 e. The second-order valence-electron chi connectivity index (χ2n) is 3.47. The summed E-state index contributed by atoms with van der Waals surface area (Å²) in [5, 5.41) is 0. The molecule has 0 N–H and O–H groups in total. The van der Waals surface area contributed by atoms with Gasteiger partial charge in [0.15, 0.2) is 0 Å². The molecule has 5 nitrogen and oxygen atoms in total. The van der Waals surface area contributed by atoms with Crippen molar-refractivity contribution >= 4 is 22.6 Å². The van der Waals surface area contributed by atoms with Gasteiger partial charge >= 0.3 is 0 Å². The van der Waals surface area contributed by atoms with Crippen molar-refractivity contribution in [3.63, 3.8) is 0 Å². The molecule has 0 saturated carbocycles. The van der Waals surface area contributed by atoms with Crippen molar-refractivity contribution in [2.24, 2.45) is 0 Å². The number of hydrogen-bond acceptors (Lipinski definition) is 3. The maximum absolute atomic E-state index is 11.7. The van der Waals surface area contributed by atoms with Crippen molar-refractivity contribution < 1.29 is 0 Å². The normalized spacial score (nSPS) is 10.4. The van der Waals surface area contributed by atoms with Crippen LogP contribution in [-0.4, -0.2) is 14.1 Å². The van der Waals surface area contributed by atoms with Crippen molar-refractivity contribution in [2.45, 2.75) is 13.1 Å². The van der Waals surface area contributed by atoms with Gasteiger partial charge in [0.1, 0.15) is 0 Å². The van der Waals surface area contributed by atoms with Gasteiger partial charge in [-0.2, -0.15) is 0 Å². The minimum Gasteiger partial charge on any atom is -0.314 e. The highest BCUT2D eigenvalue weighted by molar-refractivity contribution is 14.1. The topological polar surface area (TPSA) is 56.9 Å². The molecule has 0 amide bonds. The van der Waals surface area contributed by atoms with E-state index in [2.05, 4.69) is 4.98 Å². The molecule has 2 aromatic rings. The van der Waals surface area contributed by atoms with Gasteiger partial charge in [0, 0.05) is 31.5 Å². The van der Waals surface area contributed by atoms with Crippen molar-refractivity contribution in [2.75, 3.05) is 0 Å². The molecule has 0 bridgehead atoms. The molecule has 0 aliphatic heterocycles. The van der Waals surface area contributed by atoms with Crippen LogP contribution in [0.2, 0.25) is 0 Å². The molecular weight excluding hydrogens is 333 g/mol. The summed E-state index contributed by atoms with van der Waals surface area (Å²) in [4.78, 5) is 27.1. The van der Waals surface area contributed by atoms with E-state index >= 15 is 0 Å². The highest BCUT2D eigenvalue weighted by Gasteiger charge is 2.01. The Hall–Kier alpha value is -1.44. The monoisotopic (exact) mass is 343 g/mol. The van der Waals surface area contributed by atoms with Gasteiger partial charge in [-0.1, -0.05) is 6.07 Å². The van der Waals surface area contributed by atoms with Gasteiger partial charge in [-0.3, -0.25) is 14.2 Å². The molecule has 0 aromatic carbocycles. The third kappa shape index (κ3) is 2.82. The van der Waals surface area contributed by atoms with Gasteiger partial charge in [0.25, 0.3) is 11.1 Å². The van der Waals surface area contributed by atoms with Crippen LogP contribution in [0.1, 0.15) is 0 Å². The van der Waals surface area contributed by atoms with Crippen LogP contribution < -0.4 is 11.1 Å². The number of nitrogens with zero attached hydrogens (tertiary/aromatic N) is 3. The van der Waals surface area contributed by atoms with E-state index in [-0.39, 0.29) is 11.1 Å². The predicted molar refractivity (Wildman–Crippen MR) is 71.9 cm³/mol. The average Bonchev–Trinajstić information content (AvgIpc) is 2.33. The van der Waals surface area contributed by atoms with E-state index in [0.29, 0.717) is 16.7 Å². The third-order valence-corrected chi connectivity index (χ3v) is 3.08. The van der Waals surface area contributed by atoms with Crippen LogP contribution in [-0.2, 0) is 13.1 Å². The molecule has 0 spiro atoms. The van der Waals surface area contributed by atoms with E-state index in [9.17, 15) is 9.59 Å². The first-order valence-corrected chi connectivity index (χ1v) is 6.12. The Balaban J connectivity index is 2.19. The fraction of sp³-hybridized carbons (Fsp3) is 0.182. The van der Waals surface area contributed by atoms with Crippen LogP contribution in [0.4, 0.5) is 0 Å². The summed E-state index contributed by atoms with van der Waals surface area (Å²) in [7, 11) is 0. The molecule has 88 valence electrons. The van der Waals surface area contributed by atoms with E-state index in [0.717, 1.165) is 0 Å². The van der Waals surface area contributed by atoms with Crippen molar-refractivity contribution in [3.8, 4) is 0 Å². The summed E-state index contributed by atoms with van der Waals surface area (Å²) in [5.74, 6) is 0. The molecule has 0 aliphatic rings. The van der Waals surface area contributed by atoms with Crippen LogP contribution in [0.15, 0.2) is 46.5 Å². The predicted octanol–water partition coefficient (Wildman–Crippen LogP) is 0.710. The maximum Gasteiger partial charge on any atom is 0.266 e. The van der Waals surface area contributed by atoms with Crippen LogP contribution in [0.5, 0.6) is 0 Å². The zero-order valence-corrected chi connectivity index (χ0v) is 11.1. The van der Waals surface area contributed by atoms with Crippen LogP contribution >= 0.6 is 22.6 Å². The first kappa shape index (κ1) is 12.0. The van der Waals surface area contributed by atoms with Gasteiger partial charge in [0.05, 0.1) is 9.90 Å². The van der Waals surface area contributed by atoms with E-state index < -0.39 is 0 Å². The molecule has 0 saturated heterocycles. The fourth-order valence-electron chi connectivity index (χ4n) is 1.44. The van der Waals surface area contributed by atoms with Crippen molar-refractivity contribution in [1.82, 2.24) is 14.1 Å². The number of rotatable bonds is 3. The lowest BCUT2D eigenvalue weighted by Crippen LogP contribution is -2.27. The largest absolute Gasteiger partial charge is 0.314 e. The van der Waals surface area contributed by atoms with E-state index in [1.165, 1.54) is 23.2 Å². The minimum absolute atomic E-state index is 0.0702. The molecule has 0 unspecified atom stereocenters. The molecule has 0 aliphatic carbocycles. The third-order valence-electron chi connectivity index (χ3n) is 2.34. The maximum atomic E-state index is 11.7. The summed E-state index contributed by atoms with van der Waals surface area (Å²) < 4.78 is 3.64. The van der Waals surface area contributed by atoms with E-state index in [1.54, 1.807) is 22.9 Å². The summed E-state index contributed by atoms with van der Waals surface area (Å²) in [5.41, 5.74) is -0.149. The molecule has 2 rings (SSSR count). The fourth-order valence-corrected chi connectivity index (χ4v) is 1.91. The zero-order chi connectivity index (χ0) is 12.3. The first-order chi connectivity index (χ1) is 8.18. The zero-order valence-electron chi connectivity index (χ0n) is 8.91. The Labute approximate surface area is 111 Å². The number of aryl methyl sites for hydroxylation is 2. The lowest BCUT2D eigenvalue weighted by molar-refractivity contribution is 0.545. The molecule has 2 heterocycles. The molecule has 0 radical (unpaired) electrons. The quantitative estimate of drug-likeness (QED) is 0.772. The lowest BCUT2D eigenvalue weighted by atomic mass is 10.4. The number of hydrogen-bond donors (Lipinski definition) is 0. The average molecular weight is 343 g/mol. The minimum atomic E-state index is -0.0791. The van der Waals surface area contributed by atoms with Crippen LogP contribution in [0.25, 0.3) is 0 Å². The van der Waals surface area contributed by atoms with Gasteiger partial charge < -0.3 is 4.57 Å². The molecular formula is C11H10IN3O2. The lowest BCUT2D eigenvalue weighted by Gasteiger charge is -2.07. The van der Waals surface area contributed by atoms with Crippen molar-refractivity contribution in [1.29, 1.82) is 0 Å². The Bertz CT molecular complexity index is 633. The Morgan fingerprint density at radius 1 is 1.18 bits per heavy atom. The second kappa shape index (κ2) is 5.26. The van der Waals surface area contributed by atoms with E-state index in [1.807, 2.05) is 22.6 Å². The molecule has 6 heteroatoms. The Morgan fingerprint density at radius 2 is 1.94 bits per heavy atom. The first-order valence-electron chi connectivity index (χ1n) is 5.04. The summed E-state index contributed by atoms with van der Waals surface area (Å²) >= 11 is 1.95. The highest BCUT2D eigenvalue weighted by atomic mass is 127. The van der Waals surface area contributed by atoms with Crippen LogP contribution in [0.3, 0.4) is 0 Å². The standard InChI is InChI=1S/C11H10IN3O2/c12-9-7-13-8-15(11(9)17)6-5-14-4-2-1-3-10(14)16/h1-4,7-8H,5-6H2. The van der Waals surface area contributed by atoms with Gasteiger partial charge in [-0.05, 0) is 28.7 Å². The number of halogens is 1. The summed E-state index contributed by atoms with van der Waals surface area (Å²) in [6, 6.07) is 4.98. The van der Waals surface area contributed by atoms with E-state index in [4.69, 9.17) is 0 Å².